The van der Waals surface area contributed by atoms with Crippen molar-refractivity contribution in [2.24, 2.45) is 0 Å². The summed E-state index contributed by atoms with van der Waals surface area (Å²) in [5, 5.41) is 3.63. The van der Waals surface area contributed by atoms with Crippen molar-refractivity contribution in [3.63, 3.8) is 0 Å². The summed E-state index contributed by atoms with van der Waals surface area (Å²) in [6.45, 7) is 3.02. The van der Waals surface area contributed by atoms with Crippen LogP contribution < -0.4 is 9.62 Å². The van der Waals surface area contributed by atoms with Crippen LogP contribution in [0.2, 0.25) is 15.1 Å². The van der Waals surface area contributed by atoms with Crippen LogP contribution in [0, 0.1) is 6.92 Å². The van der Waals surface area contributed by atoms with Gasteiger partial charge in [0.2, 0.25) is 11.8 Å². The predicted octanol–water partition coefficient (Wildman–Crippen LogP) is 5.70. The average Bonchev–Trinajstić information content (AvgIpc) is 2.89. The molecule has 3 rings (SSSR count). The molecular weight excluding hydrogens is 569 g/mol. The van der Waals surface area contributed by atoms with Gasteiger partial charge >= 0.3 is 0 Å². The third-order valence-corrected chi connectivity index (χ3v) is 8.80. The van der Waals surface area contributed by atoms with Crippen molar-refractivity contribution in [3.8, 4) is 0 Å². The lowest BCUT2D eigenvalue weighted by molar-refractivity contribution is -0.140. The number of amides is 2. The van der Waals surface area contributed by atoms with Crippen LogP contribution >= 0.6 is 34.8 Å². The van der Waals surface area contributed by atoms with Crippen LogP contribution in [-0.4, -0.2) is 44.8 Å². The molecule has 0 saturated carbocycles. The van der Waals surface area contributed by atoms with Crippen molar-refractivity contribution in [2.75, 3.05) is 17.9 Å². The second-order valence-electron chi connectivity index (χ2n) is 8.56. The Hall–Kier alpha value is -2.78. The van der Waals surface area contributed by atoms with Crippen LogP contribution in [0.5, 0.6) is 0 Å². The minimum absolute atomic E-state index is 0.0181. The summed E-state index contributed by atoms with van der Waals surface area (Å²) in [6, 6.07) is 16.7. The van der Waals surface area contributed by atoms with E-state index in [2.05, 4.69) is 5.32 Å². The van der Waals surface area contributed by atoms with Crippen LogP contribution in [0.25, 0.3) is 0 Å². The normalized spacial score (nSPS) is 12.1. The van der Waals surface area contributed by atoms with E-state index in [0.29, 0.717) is 38.3 Å². The first-order valence-corrected chi connectivity index (χ1v) is 14.4. The molecule has 0 spiro atoms. The molecule has 0 fully saturated rings. The molecule has 0 aliphatic heterocycles. The second-order valence-corrected chi connectivity index (χ2v) is 11.7. The zero-order chi connectivity index (χ0) is 28.0. The molecule has 1 N–H and O–H groups in total. The zero-order valence-electron chi connectivity index (χ0n) is 21.1. The molecule has 2 amide bonds. The number of aryl methyl sites for hydroxylation is 1. The molecule has 7 nitrogen and oxygen atoms in total. The Morgan fingerprint density at radius 2 is 1.61 bits per heavy atom. The number of benzene rings is 3. The fraction of sp³-hybridized carbons (Fsp3) is 0.259. The van der Waals surface area contributed by atoms with E-state index < -0.39 is 28.5 Å². The van der Waals surface area contributed by atoms with E-state index in [1.54, 1.807) is 56.3 Å². The van der Waals surface area contributed by atoms with Crippen LogP contribution in [0.1, 0.15) is 24.5 Å². The highest BCUT2D eigenvalue weighted by Gasteiger charge is 2.34. The maximum Gasteiger partial charge on any atom is 0.264 e. The molecule has 0 radical (unpaired) electrons. The molecule has 0 aliphatic rings. The number of carbonyl (C=O) groups is 2. The van der Waals surface area contributed by atoms with Crippen LogP contribution in [0.15, 0.2) is 71.6 Å². The minimum atomic E-state index is -4.18. The smallest absolute Gasteiger partial charge is 0.264 e. The summed E-state index contributed by atoms with van der Waals surface area (Å²) in [5.74, 6) is -0.934. The number of hydrogen-bond acceptors (Lipinski definition) is 4. The third kappa shape index (κ3) is 6.80. The van der Waals surface area contributed by atoms with E-state index in [4.69, 9.17) is 34.8 Å². The van der Waals surface area contributed by atoms with Gasteiger partial charge in [-0.2, -0.15) is 0 Å². The summed E-state index contributed by atoms with van der Waals surface area (Å²) in [6.07, 6.45) is 0.307. The summed E-state index contributed by atoms with van der Waals surface area (Å²) in [4.78, 5) is 28.0. The van der Waals surface area contributed by atoms with Gasteiger partial charge in [-0.3, -0.25) is 13.9 Å². The van der Waals surface area contributed by atoms with Crippen molar-refractivity contribution in [2.45, 2.75) is 37.8 Å². The quantitative estimate of drug-likeness (QED) is 0.325. The van der Waals surface area contributed by atoms with E-state index in [9.17, 15) is 18.0 Å². The molecule has 0 unspecified atom stereocenters. The largest absolute Gasteiger partial charge is 0.357 e. The second kappa shape index (κ2) is 12.8. The van der Waals surface area contributed by atoms with Gasteiger partial charge in [-0.15, -0.1) is 0 Å². The van der Waals surface area contributed by atoms with Crippen molar-refractivity contribution >= 4 is 62.3 Å². The molecular formula is C27H28Cl3N3O4S. The number of nitrogens with one attached hydrogen (secondary N) is 1. The number of hydrogen-bond donors (Lipinski definition) is 1. The molecule has 3 aromatic rings. The fourth-order valence-electron chi connectivity index (χ4n) is 4.01. The maximum absolute atomic E-state index is 13.9. The molecule has 3 aromatic carbocycles. The van der Waals surface area contributed by atoms with Gasteiger partial charge in [-0.05, 0) is 66.9 Å². The van der Waals surface area contributed by atoms with Gasteiger partial charge in [-0.25, -0.2) is 8.42 Å². The number of carbonyl (C=O) groups excluding carboxylic acids is 2. The maximum atomic E-state index is 13.9. The van der Waals surface area contributed by atoms with Gasteiger partial charge in [0.15, 0.2) is 0 Å². The predicted molar refractivity (Wildman–Crippen MR) is 152 cm³/mol. The van der Waals surface area contributed by atoms with Gasteiger partial charge in [0.05, 0.1) is 20.6 Å². The molecule has 0 aliphatic carbocycles. The van der Waals surface area contributed by atoms with Gasteiger partial charge in [0.1, 0.15) is 12.6 Å². The number of halogens is 3. The highest BCUT2D eigenvalue weighted by Crippen LogP contribution is 2.29. The van der Waals surface area contributed by atoms with Gasteiger partial charge in [0, 0.05) is 18.6 Å². The van der Waals surface area contributed by atoms with E-state index >= 15 is 0 Å². The molecule has 0 heterocycles. The Balaban J connectivity index is 2.08. The highest BCUT2D eigenvalue weighted by molar-refractivity contribution is 7.92. The molecule has 1 atom stereocenters. The third-order valence-electron chi connectivity index (χ3n) is 6.03. The molecule has 38 heavy (non-hydrogen) atoms. The van der Waals surface area contributed by atoms with Crippen LogP contribution in [0.3, 0.4) is 0 Å². The topological polar surface area (TPSA) is 86.8 Å². The molecule has 0 saturated heterocycles. The number of anilines is 1. The zero-order valence-corrected chi connectivity index (χ0v) is 24.2. The first kappa shape index (κ1) is 29.8. The van der Waals surface area contributed by atoms with Crippen LogP contribution in [-0.2, 0) is 26.2 Å². The van der Waals surface area contributed by atoms with E-state index in [0.717, 1.165) is 4.31 Å². The van der Waals surface area contributed by atoms with Gasteiger partial charge in [-0.1, -0.05) is 66.0 Å². The Labute approximate surface area is 238 Å². The number of rotatable bonds is 10. The van der Waals surface area contributed by atoms with Crippen molar-refractivity contribution < 1.29 is 18.0 Å². The highest BCUT2D eigenvalue weighted by atomic mass is 35.5. The van der Waals surface area contributed by atoms with Gasteiger partial charge < -0.3 is 10.2 Å². The van der Waals surface area contributed by atoms with Crippen molar-refractivity contribution in [1.82, 2.24) is 10.2 Å². The van der Waals surface area contributed by atoms with Crippen LogP contribution in [0.4, 0.5) is 5.69 Å². The standard InChI is InChI=1S/C27H28Cl3N3O4S/c1-4-24(27(35)31-3)32(16-19-9-14-22(29)23(30)15-19)26(34)17-33(25-8-6-5-7-18(25)2)38(36,37)21-12-10-20(28)11-13-21/h5-15,24H,4,16-17H2,1-3H3,(H,31,35)/t24-/m1/s1. The lowest BCUT2D eigenvalue weighted by Gasteiger charge is -2.33. The van der Waals surface area contributed by atoms with Gasteiger partial charge in [0.25, 0.3) is 10.0 Å². The van der Waals surface area contributed by atoms with Crippen molar-refractivity contribution in [3.05, 3.63) is 92.9 Å². The minimum Gasteiger partial charge on any atom is -0.357 e. The lowest BCUT2D eigenvalue weighted by atomic mass is 10.1. The van der Waals surface area contributed by atoms with E-state index in [-0.39, 0.29) is 17.3 Å². The lowest BCUT2D eigenvalue weighted by Crippen LogP contribution is -2.51. The fourth-order valence-corrected chi connectivity index (χ4v) is 5.94. The van der Waals surface area contributed by atoms with E-state index in [1.807, 2.05) is 0 Å². The summed E-state index contributed by atoms with van der Waals surface area (Å²) in [5.41, 5.74) is 1.64. The number of para-hydroxylation sites is 1. The summed E-state index contributed by atoms with van der Waals surface area (Å²) < 4.78 is 28.7. The summed E-state index contributed by atoms with van der Waals surface area (Å²) in [7, 11) is -2.69. The molecule has 202 valence electrons. The summed E-state index contributed by atoms with van der Waals surface area (Å²) >= 11 is 18.2. The Morgan fingerprint density at radius 1 is 0.947 bits per heavy atom. The monoisotopic (exact) mass is 595 g/mol. The Bertz CT molecular complexity index is 1420. The van der Waals surface area contributed by atoms with Crippen molar-refractivity contribution in [1.29, 1.82) is 0 Å². The molecule has 11 heteroatoms. The molecule has 0 bridgehead atoms. The average molecular weight is 597 g/mol. The van der Waals surface area contributed by atoms with E-state index in [1.165, 1.54) is 36.2 Å². The number of likely N-dealkylation sites (N-methyl/N-ethyl adjacent to an activating group) is 1. The first-order chi connectivity index (χ1) is 18.0. The Kier molecular flexibility index (Phi) is 10.1. The SMILES string of the molecule is CC[C@H](C(=O)NC)N(Cc1ccc(Cl)c(Cl)c1)C(=O)CN(c1ccccc1C)S(=O)(=O)c1ccc(Cl)cc1. The first-order valence-electron chi connectivity index (χ1n) is 11.8. The Morgan fingerprint density at radius 3 is 2.18 bits per heavy atom. The molecule has 0 aromatic heterocycles. The number of sulfonamides is 1. The number of nitrogens with zero attached hydrogens (tertiary/aromatic N) is 2.